The number of benzene rings is 1. The lowest BCUT2D eigenvalue weighted by molar-refractivity contribution is -0.122. The molecule has 0 spiro atoms. The number of likely N-dealkylation sites (tertiary alicyclic amines) is 1. The third-order valence-electron chi connectivity index (χ3n) is 3.71. The molecule has 1 saturated heterocycles. The van der Waals surface area contributed by atoms with Gasteiger partial charge in [-0.15, -0.1) is 0 Å². The summed E-state index contributed by atoms with van der Waals surface area (Å²) in [7, 11) is 2.11. The summed E-state index contributed by atoms with van der Waals surface area (Å²) < 4.78 is 0. The highest BCUT2D eigenvalue weighted by Gasteiger charge is 2.18. The second-order valence-corrected chi connectivity index (χ2v) is 6.21. The van der Waals surface area contributed by atoms with E-state index in [-0.39, 0.29) is 5.91 Å². The van der Waals surface area contributed by atoms with E-state index in [9.17, 15) is 4.79 Å². The number of carbonyl (C=O) groups excluding carboxylic acids is 1. The molecule has 0 aromatic heterocycles. The molecule has 0 atom stereocenters. The Labute approximate surface area is 130 Å². The third-order valence-corrected chi connectivity index (χ3v) is 4.45. The molecule has 0 aliphatic carbocycles. The topological polar surface area (TPSA) is 32.3 Å². The molecule has 2 rings (SSSR count). The van der Waals surface area contributed by atoms with Crippen molar-refractivity contribution in [3.05, 3.63) is 33.8 Å². The first-order valence-electron chi connectivity index (χ1n) is 6.96. The number of amides is 1. The summed E-state index contributed by atoms with van der Waals surface area (Å²) in [5.74, 6) is 0.116. The molecule has 1 aliphatic rings. The maximum absolute atomic E-state index is 11.9. The number of nitrogens with one attached hydrogen (secondary N) is 1. The second kappa shape index (κ2) is 7.30. The van der Waals surface area contributed by atoms with E-state index in [2.05, 4.69) is 17.3 Å². The minimum Gasteiger partial charge on any atom is -0.353 e. The molecule has 3 nitrogen and oxygen atoms in total. The minimum absolute atomic E-state index is 0.116. The molecule has 1 fully saturated rings. The number of nitrogens with zero attached hydrogens (tertiary/aromatic N) is 1. The van der Waals surface area contributed by atoms with Crippen LogP contribution in [-0.2, 0) is 11.2 Å². The van der Waals surface area contributed by atoms with Crippen molar-refractivity contribution in [1.29, 1.82) is 0 Å². The lowest BCUT2D eigenvalue weighted by atomic mass is 10.0. The highest BCUT2D eigenvalue weighted by Crippen LogP contribution is 2.23. The van der Waals surface area contributed by atoms with E-state index in [1.165, 1.54) is 0 Å². The van der Waals surface area contributed by atoms with Crippen LogP contribution >= 0.6 is 23.2 Å². The number of carbonyl (C=O) groups is 1. The van der Waals surface area contributed by atoms with Crippen LogP contribution in [0.4, 0.5) is 0 Å². The van der Waals surface area contributed by atoms with Crippen molar-refractivity contribution in [2.75, 3.05) is 20.1 Å². The Hall–Kier alpha value is -0.770. The summed E-state index contributed by atoms with van der Waals surface area (Å²) in [6.45, 7) is 2.11. The number of halogens is 2. The molecule has 110 valence electrons. The Morgan fingerprint density at radius 1 is 1.30 bits per heavy atom. The van der Waals surface area contributed by atoms with Gasteiger partial charge in [0, 0.05) is 12.5 Å². The summed E-state index contributed by atoms with van der Waals surface area (Å²) in [5, 5.41) is 4.20. The van der Waals surface area contributed by atoms with Crippen molar-refractivity contribution in [3.63, 3.8) is 0 Å². The molecule has 1 heterocycles. The lowest BCUT2D eigenvalue weighted by Gasteiger charge is -2.29. The molecule has 0 unspecified atom stereocenters. The Kier molecular flexibility index (Phi) is 5.70. The Balaban J connectivity index is 1.76. The SMILES string of the molecule is CN1CCC(NC(=O)CCc2ccc(Cl)c(Cl)c2)CC1. The van der Waals surface area contributed by atoms with Gasteiger partial charge in [-0.05, 0) is 57.1 Å². The molecule has 0 saturated carbocycles. The number of piperidine rings is 1. The largest absolute Gasteiger partial charge is 0.353 e. The molecule has 1 aromatic rings. The first kappa shape index (κ1) is 15.6. The van der Waals surface area contributed by atoms with E-state index in [0.717, 1.165) is 31.5 Å². The summed E-state index contributed by atoms with van der Waals surface area (Å²) in [6, 6.07) is 5.84. The maximum Gasteiger partial charge on any atom is 0.220 e. The monoisotopic (exact) mass is 314 g/mol. The highest BCUT2D eigenvalue weighted by atomic mass is 35.5. The maximum atomic E-state index is 11.9. The van der Waals surface area contributed by atoms with Gasteiger partial charge in [0.2, 0.25) is 5.91 Å². The molecular weight excluding hydrogens is 295 g/mol. The molecule has 5 heteroatoms. The number of hydrogen-bond donors (Lipinski definition) is 1. The predicted molar refractivity (Wildman–Crippen MR) is 83.4 cm³/mol. The van der Waals surface area contributed by atoms with Crippen molar-refractivity contribution in [2.24, 2.45) is 0 Å². The van der Waals surface area contributed by atoms with Gasteiger partial charge in [-0.25, -0.2) is 0 Å². The van der Waals surface area contributed by atoms with Crippen molar-refractivity contribution in [2.45, 2.75) is 31.7 Å². The smallest absolute Gasteiger partial charge is 0.220 e. The Morgan fingerprint density at radius 2 is 2.00 bits per heavy atom. The summed E-state index contributed by atoms with van der Waals surface area (Å²) >= 11 is 11.8. The van der Waals surface area contributed by atoms with E-state index >= 15 is 0 Å². The first-order chi connectivity index (χ1) is 9.54. The predicted octanol–water partition coefficient (Wildman–Crippen LogP) is 3.14. The van der Waals surface area contributed by atoms with E-state index < -0.39 is 0 Å². The molecule has 1 amide bonds. The van der Waals surface area contributed by atoms with Gasteiger partial charge in [-0.3, -0.25) is 4.79 Å². The van der Waals surface area contributed by atoms with Gasteiger partial charge in [0.1, 0.15) is 0 Å². The van der Waals surface area contributed by atoms with Gasteiger partial charge >= 0.3 is 0 Å². The van der Waals surface area contributed by atoms with E-state index in [4.69, 9.17) is 23.2 Å². The van der Waals surface area contributed by atoms with Crippen LogP contribution in [0.3, 0.4) is 0 Å². The average Bonchev–Trinajstić information content (AvgIpc) is 2.43. The zero-order chi connectivity index (χ0) is 14.5. The first-order valence-corrected chi connectivity index (χ1v) is 7.72. The van der Waals surface area contributed by atoms with Crippen LogP contribution in [0.15, 0.2) is 18.2 Å². The van der Waals surface area contributed by atoms with E-state index in [1.807, 2.05) is 12.1 Å². The quantitative estimate of drug-likeness (QED) is 0.926. The van der Waals surface area contributed by atoms with Crippen LogP contribution < -0.4 is 5.32 Å². The summed E-state index contributed by atoms with van der Waals surface area (Å²) in [6.07, 6.45) is 3.25. The van der Waals surface area contributed by atoms with Crippen LogP contribution in [-0.4, -0.2) is 37.0 Å². The van der Waals surface area contributed by atoms with Crippen molar-refractivity contribution >= 4 is 29.1 Å². The van der Waals surface area contributed by atoms with Gasteiger partial charge in [0.05, 0.1) is 10.0 Å². The zero-order valence-corrected chi connectivity index (χ0v) is 13.2. The van der Waals surface area contributed by atoms with E-state index in [0.29, 0.717) is 28.9 Å². The molecular formula is C15H20Cl2N2O. The second-order valence-electron chi connectivity index (χ2n) is 5.39. The fraction of sp³-hybridized carbons (Fsp3) is 0.533. The van der Waals surface area contributed by atoms with Gasteiger partial charge in [0.15, 0.2) is 0 Å². The minimum atomic E-state index is 0.116. The van der Waals surface area contributed by atoms with Gasteiger partial charge in [0.25, 0.3) is 0 Å². The van der Waals surface area contributed by atoms with Gasteiger partial charge in [-0.1, -0.05) is 29.3 Å². The summed E-state index contributed by atoms with van der Waals surface area (Å²) in [4.78, 5) is 14.2. The standard InChI is InChI=1S/C15H20Cl2N2O/c1-19-8-6-12(7-9-19)18-15(20)5-3-11-2-4-13(16)14(17)10-11/h2,4,10,12H,3,5-9H2,1H3,(H,18,20). The van der Waals surface area contributed by atoms with Crippen molar-refractivity contribution in [1.82, 2.24) is 10.2 Å². The van der Waals surface area contributed by atoms with Crippen LogP contribution in [0, 0.1) is 0 Å². The average molecular weight is 315 g/mol. The lowest BCUT2D eigenvalue weighted by Crippen LogP contribution is -2.43. The molecule has 0 bridgehead atoms. The molecule has 1 aromatic carbocycles. The van der Waals surface area contributed by atoms with Crippen LogP contribution in [0.1, 0.15) is 24.8 Å². The van der Waals surface area contributed by atoms with Gasteiger partial charge < -0.3 is 10.2 Å². The number of aryl methyl sites for hydroxylation is 1. The molecule has 0 radical (unpaired) electrons. The normalized spacial score (nSPS) is 17.1. The van der Waals surface area contributed by atoms with Crippen LogP contribution in [0.5, 0.6) is 0 Å². The molecule has 1 aliphatic heterocycles. The number of hydrogen-bond acceptors (Lipinski definition) is 2. The summed E-state index contributed by atoms with van der Waals surface area (Å²) in [5.41, 5.74) is 1.04. The Bertz CT molecular complexity index is 471. The highest BCUT2D eigenvalue weighted by molar-refractivity contribution is 6.42. The van der Waals surface area contributed by atoms with Crippen LogP contribution in [0.2, 0.25) is 10.0 Å². The zero-order valence-electron chi connectivity index (χ0n) is 11.7. The van der Waals surface area contributed by atoms with Crippen molar-refractivity contribution < 1.29 is 4.79 Å². The number of rotatable bonds is 4. The van der Waals surface area contributed by atoms with Crippen LogP contribution in [0.25, 0.3) is 0 Å². The molecule has 20 heavy (non-hydrogen) atoms. The molecule has 1 N–H and O–H groups in total. The third kappa shape index (κ3) is 4.65. The van der Waals surface area contributed by atoms with Crippen molar-refractivity contribution in [3.8, 4) is 0 Å². The van der Waals surface area contributed by atoms with E-state index in [1.54, 1.807) is 6.07 Å². The Morgan fingerprint density at radius 3 is 2.65 bits per heavy atom. The fourth-order valence-electron chi connectivity index (χ4n) is 2.41. The fourth-order valence-corrected chi connectivity index (χ4v) is 2.73. The van der Waals surface area contributed by atoms with Gasteiger partial charge in [-0.2, -0.15) is 0 Å².